The van der Waals surface area contributed by atoms with Crippen molar-refractivity contribution < 1.29 is 13.2 Å². The number of hydrogen-bond donors (Lipinski definition) is 1. The predicted molar refractivity (Wildman–Crippen MR) is 126 cm³/mol. The molecule has 1 amide bonds. The third kappa shape index (κ3) is 4.13. The molecular weight excluding hydrogens is 467 g/mol. The Balaban J connectivity index is 1.44. The SMILES string of the molecule is O=C(CN(c1ccc(Cl)cc1Cl)S(=O)(=O)c1ccccc1)NC12CC3CC(CC(C3)C1)C2. The van der Waals surface area contributed by atoms with Gasteiger partial charge >= 0.3 is 0 Å². The lowest BCUT2D eigenvalue weighted by Crippen LogP contribution is -2.61. The van der Waals surface area contributed by atoms with Gasteiger partial charge in [0.1, 0.15) is 6.54 Å². The minimum atomic E-state index is -4.01. The highest BCUT2D eigenvalue weighted by molar-refractivity contribution is 7.92. The molecule has 0 aromatic heterocycles. The number of carbonyl (C=O) groups is 1. The van der Waals surface area contributed by atoms with Crippen LogP contribution >= 0.6 is 23.2 Å². The number of sulfonamides is 1. The summed E-state index contributed by atoms with van der Waals surface area (Å²) in [6.45, 7) is -0.333. The number of halogens is 2. The van der Waals surface area contributed by atoms with E-state index in [9.17, 15) is 13.2 Å². The average Bonchev–Trinajstić information content (AvgIpc) is 2.72. The minimum absolute atomic E-state index is 0.105. The Labute approximate surface area is 199 Å². The molecule has 0 aliphatic heterocycles. The molecule has 0 heterocycles. The number of amides is 1. The van der Waals surface area contributed by atoms with E-state index in [4.69, 9.17) is 23.2 Å². The van der Waals surface area contributed by atoms with Crippen LogP contribution in [0.5, 0.6) is 0 Å². The minimum Gasteiger partial charge on any atom is -0.349 e. The van der Waals surface area contributed by atoms with Crippen molar-refractivity contribution in [2.24, 2.45) is 17.8 Å². The Kier molecular flexibility index (Phi) is 5.67. The van der Waals surface area contributed by atoms with Gasteiger partial charge in [-0.2, -0.15) is 0 Å². The number of carbonyl (C=O) groups excluding carboxylic acids is 1. The summed E-state index contributed by atoms with van der Waals surface area (Å²) in [5, 5.41) is 3.84. The summed E-state index contributed by atoms with van der Waals surface area (Å²) in [4.78, 5) is 13.4. The van der Waals surface area contributed by atoms with Gasteiger partial charge in [-0.15, -0.1) is 0 Å². The van der Waals surface area contributed by atoms with Crippen LogP contribution in [0.3, 0.4) is 0 Å². The van der Waals surface area contributed by atoms with Gasteiger partial charge in [0.25, 0.3) is 10.0 Å². The van der Waals surface area contributed by atoms with E-state index in [-0.39, 0.29) is 33.6 Å². The maximum Gasteiger partial charge on any atom is 0.264 e. The van der Waals surface area contributed by atoms with Gasteiger partial charge in [0.2, 0.25) is 5.91 Å². The van der Waals surface area contributed by atoms with Gasteiger partial charge in [-0.3, -0.25) is 9.10 Å². The second kappa shape index (κ2) is 8.23. The predicted octanol–water partition coefficient (Wildman–Crippen LogP) is 5.27. The maximum atomic E-state index is 13.5. The van der Waals surface area contributed by atoms with E-state index < -0.39 is 10.0 Å². The molecule has 2 aromatic rings. The lowest BCUT2D eigenvalue weighted by molar-refractivity contribution is -0.125. The van der Waals surface area contributed by atoms with Crippen LogP contribution in [0.15, 0.2) is 53.4 Å². The van der Waals surface area contributed by atoms with E-state index >= 15 is 0 Å². The van der Waals surface area contributed by atoms with E-state index in [1.807, 2.05) is 0 Å². The third-order valence-electron chi connectivity index (χ3n) is 7.24. The molecule has 6 rings (SSSR count). The van der Waals surface area contributed by atoms with Gasteiger partial charge in [0.05, 0.1) is 15.6 Å². The topological polar surface area (TPSA) is 66.5 Å². The normalized spacial score (nSPS) is 28.5. The Hall–Kier alpha value is -1.76. The number of hydrogen-bond acceptors (Lipinski definition) is 3. The molecule has 0 atom stereocenters. The van der Waals surface area contributed by atoms with Crippen molar-refractivity contribution in [3.05, 3.63) is 58.6 Å². The Morgan fingerprint density at radius 1 is 0.969 bits per heavy atom. The van der Waals surface area contributed by atoms with Crippen LogP contribution < -0.4 is 9.62 Å². The smallest absolute Gasteiger partial charge is 0.264 e. The molecule has 0 saturated heterocycles. The molecule has 4 fully saturated rings. The second-order valence-electron chi connectivity index (χ2n) is 9.67. The fourth-order valence-corrected chi connectivity index (χ4v) is 8.45. The quantitative estimate of drug-likeness (QED) is 0.596. The van der Waals surface area contributed by atoms with Gasteiger partial charge in [0.15, 0.2) is 0 Å². The molecule has 0 spiro atoms. The first-order chi connectivity index (χ1) is 15.2. The van der Waals surface area contributed by atoms with Gasteiger partial charge in [-0.1, -0.05) is 41.4 Å². The molecule has 1 N–H and O–H groups in total. The number of nitrogens with one attached hydrogen (secondary N) is 1. The Morgan fingerprint density at radius 2 is 1.56 bits per heavy atom. The second-order valence-corrected chi connectivity index (χ2v) is 12.4. The zero-order valence-corrected chi connectivity index (χ0v) is 20.0. The van der Waals surface area contributed by atoms with Gasteiger partial charge < -0.3 is 5.32 Å². The third-order valence-corrected chi connectivity index (χ3v) is 9.55. The highest BCUT2D eigenvalue weighted by Gasteiger charge is 2.51. The van der Waals surface area contributed by atoms with Crippen LogP contribution in [0, 0.1) is 17.8 Å². The van der Waals surface area contributed by atoms with E-state index in [1.165, 1.54) is 37.5 Å². The summed E-state index contributed by atoms with van der Waals surface area (Å²) in [6, 6.07) is 12.7. The van der Waals surface area contributed by atoms with Crippen molar-refractivity contribution in [1.29, 1.82) is 0 Å². The van der Waals surface area contributed by atoms with Crippen LogP contribution in [0.1, 0.15) is 38.5 Å². The summed E-state index contributed by atoms with van der Waals surface area (Å²) in [5.74, 6) is 1.74. The van der Waals surface area contributed by atoms with Crippen LogP contribution in [0.2, 0.25) is 10.0 Å². The van der Waals surface area contributed by atoms with Crippen molar-refractivity contribution in [2.75, 3.05) is 10.8 Å². The van der Waals surface area contributed by atoms with Gasteiger partial charge in [-0.05, 0) is 86.6 Å². The van der Waals surface area contributed by atoms with E-state index in [0.29, 0.717) is 22.8 Å². The molecule has 2 aromatic carbocycles. The summed E-state index contributed by atoms with van der Waals surface area (Å²) >= 11 is 12.4. The van der Waals surface area contributed by atoms with Crippen molar-refractivity contribution in [2.45, 2.75) is 49.0 Å². The number of rotatable bonds is 6. The molecule has 4 bridgehead atoms. The average molecular weight is 493 g/mol. The molecule has 170 valence electrons. The monoisotopic (exact) mass is 492 g/mol. The number of benzene rings is 2. The highest BCUT2D eigenvalue weighted by Crippen LogP contribution is 2.55. The first kappa shape index (κ1) is 22.1. The first-order valence-corrected chi connectivity index (χ1v) is 13.3. The molecule has 5 nitrogen and oxygen atoms in total. The maximum absolute atomic E-state index is 13.5. The standard InChI is InChI=1S/C24H26Cl2N2O3S/c25-19-6-7-22(21(26)11-19)28(32(30,31)20-4-2-1-3-5-20)15-23(29)27-24-12-16-8-17(13-24)10-18(9-16)14-24/h1-7,11,16-18H,8-10,12-15H2,(H,27,29). The summed E-state index contributed by atoms with van der Waals surface area (Å²) in [7, 11) is -4.01. The number of nitrogens with zero attached hydrogens (tertiary/aromatic N) is 1. The first-order valence-electron chi connectivity index (χ1n) is 11.1. The van der Waals surface area contributed by atoms with Crippen molar-refractivity contribution >= 4 is 44.8 Å². The lowest BCUT2D eigenvalue weighted by Gasteiger charge is -2.57. The zero-order valence-electron chi connectivity index (χ0n) is 17.6. The van der Waals surface area contributed by atoms with Gasteiger partial charge in [-0.25, -0.2) is 8.42 Å². The molecule has 4 aliphatic carbocycles. The number of anilines is 1. The van der Waals surface area contributed by atoms with E-state index in [2.05, 4.69) is 5.32 Å². The fourth-order valence-electron chi connectivity index (χ4n) is 6.43. The molecule has 8 heteroatoms. The Morgan fingerprint density at radius 3 is 2.12 bits per heavy atom. The molecule has 4 aliphatic rings. The Bertz CT molecular complexity index is 1100. The van der Waals surface area contributed by atoms with Crippen LogP contribution in [-0.4, -0.2) is 26.4 Å². The molecule has 0 unspecified atom stereocenters. The molecule has 32 heavy (non-hydrogen) atoms. The van der Waals surface area contributed by atoms with Crippen molar-refractivity contribution in [3.63, 3.8) is 0 Å². The van der Waals surface area contributed by atoms with Crippen molar-refractivity contribution in [1.82, 2.24) is 5.32 Å². The zero-order chi connectivity index (χ0) is 22.5. The molecule has 0 radical (unpaired) electrons. The summed E-state index contributed by atoms with van der Waals surface area (Å²) in [5.41, 5.74) is 0.0400. The molecule has 4 saturated carbocycles. The molecular formula is C24H26Cl2N2O3S. The van der Waals surface area contributed by atoms with Crippen LogP contribution in [0.4, 0.5) is 5.69 Å². The van der Waals surface area contributed by atoms with Gasteiger partial charge in [0, 0.05) is 10.6 Å². The summed E-state index contributed by atoms with van der Waals surface area (Å²) < 4.78 is 28.1. The van der Waals surface area contributed by atoms with E-state index in [0.717, 1.165) is 23.6 Å². The largest absolute Gasteiger partial charge is 0.349 e. The summed E-state index contributed by atoms with van der Waals surface area (Å²) in [6.07, 6.45) is 6.80. The highest BCUT2D eigenvalue weighted by atomic mass is 35.5. The van der Waals surface area contributed by atoms with Crippen LogP contribution in [0.25, 0.3) is 0 Å². The lowest BCUT2D eigenvalue weighted by atomic mass is 9.53. The fraction of sp³-hybridized carbons (Fsp3) is 0.458. The van der Waals surface area contributed by atoms with Crippen molar-refractivity contribution in [3.8, 4) is 0 Å². The van der Waals surface area contributed by atoms with Crippen LogP contribution in [-0.2, 0) is 14.8 Å². The van der Waals surface area contributed by atoms with E-state index in [1.54, 1.807) is 30.3 Å².